The summed E-state index contributed by atoms with van der Waals surface area (Å²) in [6.45, 7) is 4.31. The minimum atomic E-state index is -0.289. The summed E-state index contributed by atoms with van der Waals surface area (Å²) >= 11 is 0. The molecule has 0 atom stereocenters. The van der Waals surface area contributed by atoms with E-state index in [0.29, 0.717) is 65.8 Å². The summed E-state index contributed by atoms with van der Waals surface area (Å²) in [4.78, 5) is 22.7. The van der Waals surface area contributed by atoms with Crippen LogP contribution in [0.2, 0.25) is 0 Å². The zero-order chi connectivity index (χ0) is 15.2. The zero-order valence-corrected chi connectivity index (χ0v) is 12.1. The van der Waals surface area contributed by atoms with Gasteiger partial charge in [-0.15, -0.1) is 0 Å². The first-order valence-corrected chi connectivity index (χ1v) is 7.05. The largest absolute Gasteiger partial charge is 0.377 e. The third-order valence-corrected chi connectivity index (χ3v) is 2.50. The molecule has 1 aliphatic rings. The predicted molar refractivity (Wildman–Crippen MR) is 75.3 cm³/mol. The van der Waals surface area contributed by atoms with Gasteiger partial charge in [0.05, 0.1) is 39.6 Å². The van der Waals surface area contributed by atoms with Crippen LogP contribution in [-0.4, -0.2) is 77.9 Å². The molecule has 1 rings (SSSR count). The monoisotopic (exact) mass is 304 g/mol. The molecule has 0 saturated carbocycles. The fourth-order valence-corrected chi connectivity index (χ4v) is 1.49. The van der Waals surface area contributed by atoms with Crippen LogP contribution in [0.5, 0.6) is 0 Å². The number of nitrogens with one attached hydrogen (secondary N) is 4. The molecule has 4 amide bonds. The molecule has 0 bridgehead atoms. The van der Waals surface area contributed by atoms with E-state index in [-0.39, 0.29) is 12.1 Å². The van der Waals surface area contributed by atoms with E-state index in [9.17, 15) is 9.59 Å². The van der Waals surface area contributed by atoms with Gasteiger partial charge in [-0.2, -0.15) is 0 Å². The van der Waals surface area contributed by atoms with Crippen LogP contribution in [0.4, 0.5) is 9.59 Å². The molecule has 4 N–H and O–H groups in total. The van der Waals surface area contributed by atoms with E-state index in [1.807, 2.05) is 0 Å². The van der Waals surface area contributed by atoms with E-state index < -0.39 is 0 Å². The van der Waals surface area contributed by atoms with Crippen molar-refractivity contribution in [2.24, 2.45) is 0 Å². The van der Waals surface area contributed by atoms with E-state index >= 15 is 0 Å². The van der Waals surface area contributed by atoms with E-state index in [4.69, 9.17) is 14.2 Å². The highest BCUT2D eigenvalue weighted by Crippen LogP contribution is 1.81. The van der Waals surface area contributed by atoms with Gasteiger partial charge in [0, 0.05) is 26.2 Å². The highest BCUT2D eigenvalue weighted by molar-refractivity contribution is 5.75. The molecule has 0 aromatic rings. The van der Waals surface area contributed by atoms with Crippen LogP contribution in [-0.2, 0) is 14.2 Å². The van der Waals surface area contributed by atoms with Crippen molar-refractivity contribution in [1.82, 2.24) is 21.3 Å². The summed E-state index contributed by atoms with van der Waals surface area (Å²) in [5, 5.41) is 10.5. The lowest BCUT2D eigenvalue weighted by molar-refractivity contribution is 0.0163. The lowest BCUT2D eigenvalue weighted by atomic mass is 10.6. The number of hydrogen-bond donors (Lipinski definition) is 4. The van der Waals surface area contributed by atoms with Gasteiger partial charge in [0.25, 0.3) is 0 Å². The highest BCUT2D eigenvalue weighted by Gasteiger charge is 2.01. The van der Waals surface area contributed by atoms with Gasteiger partial charge in [-0.1, -0.05) is 0 Å². The van der Waals surface area contributed by atoms with Crippen molar-refractivity contribution in [2.45, 2.75) is 0 Å². The Labute approximate surface area is 124 Å². The molecule has 0 aromatic heterocycles. The Hall–Kier alpha value is -1.58. The van der Waals surface area contributed by atoms with Crippen molar-refractivity contribution in [1.29, 1.82) is 0 Å². The Bertz CT molecular complexity index is 275. The number of urea groups is 2. The van der Waals surface area contributed by atoms with Gasteiger partial charge >= 0.3 is 12.1 Å². The molecule has 0 aliphatic carbocycles. The van der Waals surface area contributed by atoms with E-state index in [2.05, 4.69) is 21.3 Å². The first-order valence-electron chi connectivity index (χ1n) is 7.05. The number of ether oxygens (including phenoxy) is 3. The Morgan fingerprint density at radius 3 is 1.29 bits per heavy atom. The fraction of sp³-hybridized carbons (Fsp3) is 0.833. The molecule has 9 nitrogen and oxygen atoms in total. The number of carbonyl (C=O) groups is 2. The van der Waals surface area contributed by atoms with E-state index in [0.717, 1.165) is 0 Å². The van der Waals surface area contributed by atoms with Crippen LogP contribution in [0, 0.1) is 0 Å². The van der Waals surface area contributed by atoms with E-state index in [1.54, 1.807) is 0 Å². The quantitative estimate of drug-likeness (QED) is 0.442. The Balaban J connectivity index is 2.20. The smallest absolute Gasteiger partial charge is 0.314 e. The lowest BCUT2D eigenvalue weighted by Gasteiger charge is -2.09. The van der Waals surface area contributed by atoms with Crippen LogP contribution in [0.15, 0.2) is 0 Å². The van der Waals surface area contributed by atoms with Gasteiger partial charge in [-0.25, -0.2) is 9.59 Å². The Kier molecular flexibility index (Phi) is 10.1. The van der Waals surface area contributed by atoms with Gasteiger partial charge < -0.3 is 35.5 Å². The standard InChI is InChI=1S/C12H24N4O5/c17-11-13-1-2-14-12(18)16-4-6-20-8-10-21-9-7-19-5-3-15-11/h1-10H2,(H2,13,15,17)(H2,14,16,18). The third-order valence-electron chi connectivity index (χ3n) is 2.50. The van der Waals surface area contributed by atoms with Crippen LogP contribution >= 0.6 is 0 Å². The second-order valence-electron chi connectivity index (χ2n) is 4.20. The summed E-state index contributed by atoms with van der Waals surface area (Å²) in [5.41, 5.74) is 0. The van der Waals surface area contributed by atoms with Gasteiger partial charge in [0.1, 0.15) is 0 Å². The number of amides is 4. The maximum atomic E-state index is 11.4. The third kappa shape index (κ3) is 10.8. The topological polar surface area (TPSA) is 110 Å². The molecule has 1 heterocycles. The van der Waals surface area contributed by atoms with Crippen molar-refractivity contribution < 1.29 is 23.8 Å². The maximum absolute atomic E-state index is 11.4. The van der Waals surface area contributed by atoms with Crippen molar-refractivity contribution in [3.63, 3.8) is 0 Å². The van der Waals surface area contributed by atoms with Crippen LogP contribution in [0.25, 0.3) is 0 Å². The fourth-order valence-electron chi connectivity index (χ4n) is 1.49. The molecule has 1 aliphatic heterocycles. The Morgan fingerprint density at radius 1 is 0.524 bits per heavy atom. The molecule has 1 fully saturated rings. The SMILES string of the molecule is O=C1NCCNC(=O)NCCOCCOCCOCCN1. The van der Waals surface area contributed by atoms with Crippen LogP contribution in [0.1, 0.15) is 0 Å². The molecule has 9 heteroatoms. The minimum absolute atomic E-state index is 0.289. The first kappa shape index (κ1) is 17.5. The van der Waals surface area contributed by atoms with Crippen LogP contribution in [0.3, 0.4) is 0 Å². The molecule has 122 valence electrons. The Morgan fingerprint density at radius 2 is 0.857 bits per heavy atom. The van der Waals surface area contributed by atoms with Gasteiger partial charge in [-0.05, 0) is 0 Å². The molecule has 0 radical (unpaired) electrons. The number of hydrogen-bond acceptors (Lipinski definition) is 5. The summed E-state index contributed by atoms with van der Waals surface area (Å²) < 4.78 is 15.9. The maximum Gasteiger partial charge on any atom is 0.314 e. The summed E-state index contributed by atoms with van der Waals surface area (Å²) in [5.74, 6) is 0. The number of carbonyl (C=O) groups excluding carboxylic acids is 2. The highest BCUT2D eigenvalue weighted by atomic mass is 16.5. The first-order chi connectivity index (χ1) is 10.3. The van der Waals surface area contributed by atoms with Gasteiger partial charge in [0.2, 0.25) is 0 Å². The van der Waals surface area contributed by atoms with Gasteiger partial charge in [-0.3, -0.25) is 0 Å². The molecule has 1 saturated heterocycles. The molecular weight excluding hydrogens is 280 g/mol. The van der Waals surface area contributed by atoms with Crippen molar-refractivity contribution in [2.75, 3.05) is 65.8 Å². The van der Waals surface area contributed by atoms with Crippen LogP contribution < -0.4 is 21.3 Å². The van der Waals surface area contributed by atoms with Crippen molar-refractivity contribution in [3.8, 4) is 0 Å². The number of rotatable bonds is 0. The minimum Gasteiger partial charge on any atom is -0.377 e. The normalized spacial score (nSPS) is 21.5. The van der Waals surface area contributed by atoms with E-state index in [1.165, 1.54) is 0 Å². The molecule has 0 aromatic carbocycles. The van der Waals surface area contributed by atoms with Crippen molar-refractivity contribution >= 4 is 12.1 Å². The molecule has 21 heavy (non-hydrogen) atoms. The zero-order valence-electron chi connectivity index (χ0n) is 12.1. The predicted octanol–water partition coefficient (Wildman–Crippen LogP) is -1.35. The average molecular weight is 304 g/mol. The lowest BCUT2D eigenvalue weighted by Crippen LogP contribution is -2.44. The second-order valence-corrected chi connectivity index (χ2v) is 4.20. The molecule has 0 unspecified atom stereocenters. The molecular formula is C12H24N4O5. The summed E-state index contributed by atoms with van der Waals surface area (Å²) in [6, 6.07) is -0.577. The van der Waals surface area contributed by atoms with Gasteiger partial charge in [0.15, 0.2) is 0 Å². The summed E-state index contributed by atoms with van der Waals surface area (Å²) in [6.07, 6.45) is 0. The second kappa shape index (κ2) is 12.2. The van der Waals surface area contributed by atoms with Crippen molar-refractivity contribution in [3.05, 3.63) is 0 Å². The average Bonchev–Trinajstić information content (AvgIpc) is 2.47. The summed E-state index contributed by atoms with van der Waals surface area (Å²) in [7, 11) is 0. The molecule has 0 spiro atoms.